The third kappa shape index (κ3) is 6.96. The van der Waals surface area contributed by atoms with E-state index in [1.165, 1.54) is 17.8 Å². The van der Waals surface area contributed by atoms with Gasteiger partial charge in [0.1, 0.15) is 23.6 Å². The van der Waals surface area contributed by atoms with Crippen LogP contribution in [0.5, 0.6) is 5.75 Å². The molecule has 0 unspecified atom stereocenters. The zero-order valence-electron chi connectivity index (χ0n) is 20.7. The van der Waals surface area contributed by atoms with Crippen molar-refractivity contribution in [2.75, 3.05) is 32.5 Å². The van der Waals surface area contributed by atoms with Crippen LogP contribution in [0.15, 0.2) is 53.6 Å². The van der Waals surface area contributed by atoms with Crippen molar-refractivity contribution in [3.63, 3.8) is 0 Å². The van der Waals surface area contributed by atoms with Gasteiger partial charge in [-0.15, -0.1) is 11.8 Å². The number of rotatable bonds is 11. The van der Waals surface area contributed by atoms with Crippen molar-refractivity contribution >= 4 is 28.6 Å². The van der Waals surface area contributed by atoms with E-state index in [0.717, 1.165) is 25.1 Å². The van der Waals surface area contributed by atoms with E-state index in [1.54, 1.807) is 37.6 Å². The number of halogens is 3. The van der Waals surface area contributed by atoms with Crippen molar-refractivity contribution in [1.82, 2.24) is 9.88 Å². The number of piperidine rings is 1. The molecule has 0 amide bonds. The van der Waals surface area contributed by atoms with Crippen molar-refractivity contribution in [3.8, 4) is 5.75 Å². The number of pyridine rings is 1. The summed E-state index contributed by atoms with van der Waals surface area (Å²) in [7, 11) is 1.56. The number of aliphatic carboxylic acids is 1. The summed E-state index contributed by atoms with van der Waals surface area (Å²) in [6.07, 6.45) is 2.49. The maximum absolute atomic E-state index is 15.4. The van der Waals surface area contributed by atoms with Crippen molar-refractivity contribution in [2.45, 2.75) is 36.8 Å². The molecule has 5 nitrogen and oxygen atoms in total. The molecule has 37 heavy (non-hydrogen) atoms. The normalized spacial score (nSPS) is 19.1. The van der Waals surface area contributed by atoms with Gasteiger partial charge < -0.3 is 14.7 Å². The van der Waals surface area contributed by atoms with E-state index in [4.69, 9.17) is 4.74 Å². The van der Waals surface area contributed by atoms with Gasteiger partial charge in [-0.3, -0.25) is 9.78 Å². The van der Waals surface area contributed by atoms with E-state index >= 15 is 4.39 Å². The number of aromatic nitrogens is 1. The first-order valence-electron chi connectivity index (χ1n) is 12.5. The quantitative estimate of drug-likeness (QED) is 0.224. The molecule has 1 aliphatic rings. The second-order valence-corrected chi connectivity index (χ2v) is 10.5. The number of hydrogen-bond donors (Lipinski definition) is 1. The molecular weight excluding hydrogens is 501 g/mol. The van der Waals surface area contributed by atoms with Crippen LogP contribution in [0.2, 0.25) is 0 Å². The van der Waals surface area contributed by atoms with E-state index in [9.17, 15) is 18.7 Å². The van der Waals surface area contributed by atoms with Gasteiger partial charge in [0, 0.05) is 23.0 Å². The minimum absolute atomic E-state index is 0.106. The number of likely N-dealkylation sites (tertiary alicyclic amines) is 1. The number of methoxy groups -OCH3 is 1. The van der Waals surface area contributed by atoms with E-state index in [2.05, 4.69) is 9.88 Å². The number of hydrogen-bond acceptors (Lipinski definition) is 5. The van der Waals surface area contributed by atoms with Crippen LogP contribution in [0.25, 0.3) is 10.9 Å². The van der Waals surface area contributed by atoms with E-state index < -0.39 is 29.7 Å². The van der Waals surface area contributed by atoms with Gasteiger partial charge in [-0.25, -0.2) is 13.2 Å². The molecule has 9 heteroatoms. The highest BCUT2D eigenvalue weighted by atomic mass is 32.2. The summed E-state index contributed by atoms with van der Waals surface area (Å²) in [6.45, 7) is 1.82. The molecule has 0 saturated carbocycles. The van der Waals surface area contributed by atoms with E-state index in [1.807, 2.05) is 0 Å². The maximum atomic E-state index is 15.4. The van der Waals surface area contributed by atoms with Gasteiger partial charge in [0.2, 0.25) is 0 Å². The molecular formula is C28H31F3N2O3S. The van der Waals surface area contributed by atoms with E-state index in [0.29, 0.717) is 53.9 Å². The first kappa shape index (κ1) is 27.3. The molecule has 0 spiro atoms. The third-order valence-electron chi connectivity index (χ3n) is 7.04. The summed E-state index contributed by atoms with van der Waals surface area (Å²) < 4.78 is 47.8. The molecule has 1 N–H and O–H groups in total. The first-order chi connectivity index (χ1) is 17.9. The fraction of sp³-hybridized carbons (Fsp3) is 0.429. The predicted molar refractivity (Wildman–Crippen MR) is 139 cm³/mol. The summed E-state index contributed by atoms with van der Waals surface area (Å²) in [5, 5.41) is 10.6. The minimum Gasteiger partial charge on any atom is -0.497 e. The van der Waals surface area contributed by atoms with Crippen LogP contribution < -0.4 is 4.74 Å². The Morgan fingerprint density at radius 2 is 2.08 bits per heavy atom. The van der Waals surface area contributed by atoms with Crippen LogP contribution in [0.4, 0.5) is 13.2 Å². The Morgan fingerprint density at radius 3 is 2.86 bits per heavy atom. The second kappa shape index (κ2) is 12.6. The number of alkyl halides is 1. The lowest BCUT2D eigenvalue weighted by Gasteiger charge is -2.36. The Morgan fingerprint density at radius 1 is 1.24 bits per heavy atom. The van der Waals surface area contributed by atoms with Gasteiger partial charge in [-0.2, -0.15) is 0 Å². The number of thioether (sulfide) groups is 1. The van der Waals surface area contributed by atoms with Crippen molar-refractivity contribution in [3.05, 3.63) is 65.9 Å². The molecule has 2 heterocycles. The van der Waals surface area contributed by atoms with Crippen LogP contribution in [0.1, 0.15) is 37.4 Å². The molecule has 1 aromatic heterocycles. The summed E-state index contributed by atoms with van der Waals surface area (Å²) in [4.78, 5) is 18.7. The average Bonchev–Trinajstić information content (AvgIpc) is 2.91. The second-order valence-electron chi connectivity index (χ2n) is 9.40. The molecule has 1 aliphatic heterocycles. The van der Waals surface area contributed by atoms with Gasteiger partial charge in [-0.05, 0) is 98.5 Å². The number of fused-ring (bicyclic) bond motifs is 1. The van der Waals surface area contributed by atoms with Crippen molar-refractivity contribution in [1.29, 1.82) is 0 Å². The Labute approximate surface area is 219 Å². The predicted octanol–water partition coefficient (Wildman–Crippen LogP) is 6.52. The number of benzene rings is 2. The fourth-order valence-corrected chi connectivity index (χ4v) is 5.91. The largest absolute Gasteiger partial charge is 0.497 e. The number of nitrogens with zero attached hydrogens (tertiary/aromatic N) is 2. The lowest BCUT2D eigenvalue weighted by Crippen LogP contribution is -2.44. The van der Waals surface area contributed by atoms with Crippen molar-refractivity contribution < 1.29 is 27.8 Å². The molecule has 0 radical (unpaired) electrons. The fourth-order valence-electron chi connectivity index (χ4n) is 5.02. The van der Waals surface area contributed by atoms with Crippen LogP contribution in [0, 0.1) is 23.5 Å². The molecule has 1 fully saturated rings. The molecule has 198 valence electrons. The summed E-state index contributed by atoms with van der Waals surface area (Å²) >= 11 is 1.26. The molecule has 2 aromatic carbocycles. The highest BCUT2D eigenvalue weighted by Gasteiger charge is 2.34. The van der Waals surface area contributed by atoms with Gasteiger partial charge in [0.25, 0.3) is 0 Å². The lowest BCUT2D eigenvalue weighted by molar-refractivity contribution is -0.146. The molecule has 0 aliphatic carbocycles. The highest BCUT2D eigenvalue weighted by molar-refractivity contribution is 7.99. The molecule has 3 aromatic rings. The number of ether oxygens (including phenoxy) is 1. The molecule has 3 atom stereocenters. The topological polar surface area (TPSA) is 62.7 Å². The zero-order valence-corrected chi connectivity index (χ0v) is 21.5. The van der Waals surface area contributed by atoms with Gasteiger partial charge in [-0.1, -0.05) is 0 Å². The van der Waals surface area contributed by atoms with E-state index in [-0.39, 0.29) is 17.2 Å². The monoisotopic (exact) mass is 532 g/mol. The third-order valence-corrected chi connectivity index (χ3v) is 8.15. The summed E-state index contributed by atoms with van der Waals surface area (Å²) in [5.74, 6) is -1.21. The van der Waals surface area contributed by atoms with Crippen LogP contribution in [-0.2, 0) is 4.79 Å². The Bertz CT molecular complexity index is 1230. The van der Waals surface area contributed by atoms with Crippen LogP contribution >= 0.6 is 11.8 Å². The first-order valence-corrected chi connectivity index (χ1v) is 13.4. The Balaban J connectivity index is 1.29. The minimum atomic E-state index is -1.23. The SMILES string of the molecule is COc1ccc2nccc([C@@H](F)CC[C@@H]3CCN(CCCSc4cc(F)ccc4F)C[C@@H]3C(=O)O)c2c1. The molecule has 4 rings (SSSR count). The maximum Gasteiger partial charge on any atom is 0.308 e. The smallest absolute Gasteiger partial charge is 0.308 e. The highest BCUT2D eigenvalue weighted by Crippen LogP contribution is 2.35. The summed E-state index contributed by atoms with van der Waals surface area (Å²) in [6, 6.07) is 10.5. The number of carboxylic acid groups (broad SMARTS) is 1. The number of carboxylic acids is 1. The van der Waals surface area contributed by atoms with Crippen LogP contribution in [0.3, 0.4) is 0 Å². The molecule has 0 bridgehead atoms. The standard InChI is InChI=1S/C28H31F3N2O3S/c1-36-20-5-8-26-22(16-20)21(9-11-32-26)24(30)6-3-18-10-13-33(17-23(18)28(34)35)12-2-14-37-27-15-19(29)4-7-25(27)31/h4-5,7-9,11,15-16,18,23-24H,2-3,6,10,12-14,17H2,1H3,(H,34,35)/t18-,23+,24+/m1/s1. The lowest BCUT2D eigenvalue weighted by atomic mass is 9.81. The van der Waals surface area contributed by atoms with Gasteiger partial charge in [0.05, 0.1) is 18.5 Å². The number of carbonyl (C=O) groups is 1. The average molecular weight is 533 g/mol. The van der Waals surface area contributed by atoms with Gasteiger partial charge in [0.15, 0.2) is 0 Å². The summed E-state index contributed by atoms with van der Waals surface area (Å²) in [5.41, 5.74) is 1.23. The van der Waals surface area contributed by atoms with Crippen molar-refractivity contribution in [2.24, 2.45) is 11.8 Å². The van der Waals surface area contributed by atoms with Gasteiger partial charge >= 0.3 is 5.97 Å². The Kier molecular flexibility index (Phi) is 9.32. The molecule has 1 saturated heterocycles. The van der Waals surface area contributed by atoms with Crippen LogP contribution in [-0.4, -0.2) is 53.5 Å². The Hall–Kier alpha value is -2.78. The zero-order chi connectivity index (χ0) is 26.4.